The van der Waals surface area contributed by atoms with Crippen LogP contribution in [0, 0.1) is 0 Å². The molecular weight excluding hydrogens is 428 g/mol. The summed E-state index contributed by atoms with van der Waals surface area (Å²) in [4.78, 5) is 2.26. The molecule has 0 aliphatic carbocycles. The second-order valence-electron chi connectivity index (χ2n) is 8.81. The molecule has 1 aliphatic heterocycles. The van der Waals surface area contributed by atoms with Gasteiger partial charge in [-0.15, -0.1) is 11.6 Å². The molecule has 1 heterocycles. The Hall–Kier alpha value is -1.83. The van der Waals surface area contributed by atoms with E-state index in [0.29, 0.717) is 12.3 Å². The van der Waals surface area contributed by atoms with Crippen molar-refractivity contribution in [2.24, 2.45) is 0 Å². The summed E-state index contributed by atoms with van der Waals surface area (Å²) in [5.74, 6) is 1.61. The van der Waals surface area contributed by atoms with Crippen LogP contribution in [0.3, 0.4) is 0 Å². The SMILES string of the molecule is CC(C)(c1ccc(OCC(O)CCl)cc1)c1ccc(OCC(O)CN2CCNCC2)cc1. The number of aliphatic hydroxyl groups is 2. The van der Waals surface area contributed by atoms with Crippen molar-refractivity contribution in [3.05, 3.63) is 59.7 Å². The Morgan fingerprint density at radius 1 is 0.875 bits per heavy atom. The molecule has 1 aliphatic rings. The number of ether oxygens (including phenoxy) is 2. The maximum absolute atomic E-state index is 10.3. The number of hydrogen-bond acceptors (Lipinski definition) is 6. The smallest absolute Gasteiger partial charge is 0.119 e. The largest absolute Gasteiger partial charge is 0.491 e. The highest BCUT2D eigenvalue weighted by molar-refractivity contribution is 6.18. The van der Waals surface area contributed by atoms with Crippen LogP contribution in [0.5, 0.6) is 11.5 Å². The van der Waals surface area contributed by atoms with E-state index in [9.17, 15) is 10.2 Å². The second-order valence-corrected chi connectivity index (χ2v) is 9.12. The summed E-state index contributed by atoms with van der Waals surface area (Å²) < 4.78 is 11.4. The molecule has 2 atom stereocenters. The maximum Gasteiger partial charge on any atom is 0.119 e. The predicted molar refractivity (Wildman–Crippen MR) is 128 cm³/mol. The highest BCUT2D eigenvalue weighted by Gasteiger charge is 2.23. The number of aliphatic hydroxyl groups excluding tert-OH is 2. The van der Waals surface area contributed by atoms with Crippen LogP contribution < -0.4 is 14.8 Å². The Labute approximate surface area is 196 Å². The van der Waals surface area contributed by atoms with Gasteiger partial charge in [-0.1, -0.05) is 38.1 Å². The van der Waals surface area contributed by atoms with Crippen molar-refractivity contribution in [1.82, 2.24) is 10.2 Å². The topological polar surface area (TPSA) is 74.2 Å². The maximum atomic E-state index is 10.3. The Bertz CT molecular complexity index is 808. The van der Waals surface area contributed by atoms with E-state index in [0.717, 1.165) is 43.1 Å². The summed E-state index contributed by atoms with van der Waals surface area (Å²) in [5.41, 5.74) is 2.12. The number of alkyl halides is 1. The molecule has 0 radical (unpaired) electrons. The lowest BCUT2D eigenvalue weighted by Gasteiger charge is -2.29. The van der Waals surface area contributed by atoms with Gasteiger partial charge in [0.1, 0.15) is 36.9 Å². The third-order valence-corrected chi connectivity index (χ3v) is 6.25. The Morgan fingerprint density at radius 2 is 1.34 bits per heavy atom. The van der Waals surface area contributed by atoms with E-state index in [1.807, 2.05) is 36.4 Å². The highest BCUT2D eigenvalue weighted by Crippen LogP contribution is 2.33. The van der Waals surface area contributed by atoms with Crippen LogP contribution in [0.15, 0.2) is 48.5 Å². The first-order valence-electron chi connectivity index (χ1n) is 11.2. The molecule has 176 valence electrons. The van der Waals surface area contributed by atoms with Crippen molar-refractivity contribution >= 4 is 11.6 Å². The van der Waals surface area contributed by atoms with Gasteiger partial charge in [0.25, 0.3) is 0 Å². The van der Waals surface area contributed by atoms with Gasteiger partial charge >= 0.3 is 0 Å². The molecule has 0 aromatic heterocycles. The summed E-state index contributed by atoms with van der Waals surface area (Å²) in [7, 11) is 0. The molecule has 0 amide bonds. The van der Waals surface area contributed by atoms with Crippen LogP contribution >= 0.6 is 11.6 Å². The van der Waals surface area contributed by atoms with Crippen molar-refractivity contribution in [1.29, 1.82) is 0 Å². The number of β-amino-alcohol motifs (C(OH)–C–C–N with tert-alkyl or cyclic N) is 1. The number of halogens is 1. The monoisotopic (exact) mass is 462 g/mol. The third kappa shape index (κ3) is 7.09. The van der Waals surface area contributed by atoms with Gasteiger partial charge in [-0.3, -0.25) is 4.90 Å². The molecule has 1 saturated heterocycles. The van der Waals surface area contributed by atoms with E-state index < -0.39 is 12.2 Å². The molecule has 0 spiro atoms. The van der Waals surface area contributed by atoms with E-state index in [1.54, 1.807) is 0 Å². The summed E-state index contributed by atoms with van der Waals surface area (Å²) in [6, 6.07) is 16.0. The summed E-state index contributed by atoms with van der Waals surface area (Å²) >= 11 is 5.60. The Balaban J connectivity index is 1.53. The van der Waals surface area contributed by atoms with Gasteiger partial charge < -0.3 is 25.0 Å². The van der Waals surface area contributed by atoms with Crippen LogP contribution in [0.4, 0.5) is 0 Å². The van der Waals surface area contributed by atoms with E-state index in [1.165, 1.54) is 0 Å². The normalized spacial score (nSPS) is 17.0. The average molecular weight is 463 g/mol. The molecule has 6 nitrogen and oxygen atoms in total. The zero-order valence-corrected chi connectivity index (χ0v) is 19.7. The van der Waals surface area contributed by atoms with Crippen molar-refractivity contribution < 1.29 is 19.7 Å². The molecule has 7 heteroatoms. The van der Waals surface area contributed by atoms with Crippen molar-refractivity contribution in [2.45, 2.75) is 31.5 Å². The fraction of sp³-hybridized carbons (Fsp3) is 0.520. The fourth-order valence-corrected chi connectivity index (χ4v) is 3.87. The van der Waals surface area contributed by atoms with Crippen LogP contribution in [-0.2, 0) is 5.41 Å². The minimum atomic E-state index is -0.670. The molecule has 32 heavy (non-hydrogen) atoms. The molecule has 0 saturated carbocycles. The Morgan fingerprint density at radius 3 is 1.81 bits per heavy atom. The Kier molecular flexibility index (Phi) is 9.20. The van der Waals surface area contributed by atoms with Gasteiger partial charge in [0.05, 0.1) is 5.88 Å². The van der Waals surface area contributed by atoms with Gasteiger partial charge in [0.2, 0.25) is 0 Å². The first-order valence-corrected chi connectivity index (χ1v) is 11.7. The standard InChI is InChI=1S/C25H35ClN2O4/c1-25(2,19-3-7-23(8-4-19)31-17-21(29)15-26)20-5-9-24(10-6-20)32-18-22(30)16-28-13-11-27-12-14-28/h3-10,21-22,27,29-30H,11-18H2,1-2H3. The van der Waals surface area contributed by atoms with Gasteiger partial charge in [-0.25, -0.2) is 0 Å². The fourth-order valence-electron chi connectivity index (χ4n) is 3.78. The first kappa shape index (κ1) is 24.8. The number of benzene rings is 2. The summed E-state index contributed by atoms with van der Waals surface area (Å²) in [6.45, 7) is 9.31. The quantitative estimate of drug-likeness (QED) is 0.446. The lowest BCUT2D eigenvalue weighted by Crippen LogP contribution is -2.47. The zero-order valence-electron chi connectivity index (χ0n) is 19.0. The van der Waals surface area contributed by atoms with Gasteiger partial charge in [-0.2, -0.15) is 0 Å². The lowest BCUT2D eigenvalue weighted by molar-refractivity contribution is 0.0641. The number of rotatable bonds is 11. The van der Waals surface area contributed by atoms with E-state index in [2.05, 4.69) is 36.2 Å². The van der Waals surface area contributed by atoms with Gasteiger partial charge in [0.15, 0.2) is 0 Å². The molecule has 2 aromatic rings. The lowest BCUT2D eigenvalue weighted by atomic mass is 9.78. The zero-order chi connectivity index (χ0) is 23.0. The first-order chi connectivity index (χ1) is 15.4. The van der Waals surface area contributed by atoms with Crippen molar-refractivity contribution in [3.63, 3.8) is 0 Å². The van der Waals surface area contributed by atoms with Crippen LogP contribution in [0.25, 0.3) is 0 Å². The molecule has 2 unspecified atom stereocenters. The molecular formula is C25H35ClN2O4. The van der Waals surface area contributed by atoms with Crippen LogP contribution in [0.1, 0.15) is 25.0 Å². The molecule has 3 N–H and O–H groups in total. The van der Waals surface area contributed by atoms with Crippen LogP contribution in [0.2, 0.25) is 0 Å². The van der Waals surface area contributed by atoms with Gasteiger partial charge in [-0.05, 0) is 35.4 Å². The van der Waals surface area contributed by atoms with Gasteiger partial charge in [0, 0.05) is 38.1 Å². The second kappa shape index (κ2) is 11.9. The van der Waals surface area contributed by atoms with Crippen molar-refractivity contribution in [2.75, 3.05) is 51.8 Å². The number of nitrogens with one attached hydrogen (secondary N) is 1. The van der Waals surface area contributed by atoms with E-state index >= 15 is 0 Å². The average Bonchev–Trinajstić information content (AvgIpc) is 2.82. The highest BCUT2D eigenvalue weighted by atomic mass is 35.5. The molecule has 3 rings (SSSR count). The van der Waals surface area contributed by atoms with Crippen molar-refractivity contribution in [3.8, 4) is 11.5 Å². The minimum Gasteiger partial charge on any atom is -0.491 e. The number of hydrogen-bond donors (Lipinski definition) is 3. The molecule has 1 fully saturated rings. The number of piperazine rings is 1. The summed E-state index contributed by atoms with van der Waals surface area (Å²) in [5, 5.41) is 23.1. The molecule has 2 aromatic carbocycles. The van der Waals surface area contributed by atoms with E-state index in [-0.39, 0.29) is 24.5 Å². The number of nitrogens with zero attached hydrogens (tertiary/aromatic N) is 1. The van der Waals surface area contributed by atoms with Crippen LogP contribution in [-0.4, -0.2) is 79.1 Å². The molecule has 0 bridgehead atoms. The predicted octanol–water partition coefficient (Wildman–Crippen LogP) is 2.64. The summed E-state index contributed by atoms with van der Waals surface area (Å²) in [6.07, 6.45) is -1.17. The third-order valence-electron chi connectivity index (χ3n) is 5.89. The minimum absolute atomic E-state index is 0.153. The van der Waals surface area contributed by atoms with E-state index in [4.69, 9.17) is 21.1 Å².